The van der Waals surface area contributed by atoms with Crippen LogP contribution in [0.1, 0.15) is 41.9 Å². The smallest absolute Gasteiger partial charge is 0.281 e. The molecule has 1 fully saturated rings. The Morgan fingerprint density at radius 2 is 1.97 bits per heavy atom. The van der Waals surface area contributed by atoms with E-state index in [0.717, 1.165) is 18.0 Å². The van der Waals surface area contributed by atoms with Crippen molar-refractivity contribution in [3.63, 3.8) is 0 Å². The Bertz CT molecular complexity index is 1120. The monoisotopic (exact) mass is 498 g/mol. The molecule has 12 heteroatoms. The molecular formula is C21H18Cl2F2N4O4. The first-order valence-corrected chi connectivity index (χ1v) is 10.6. The van der Waals surface area contributed by atoms with Crippen LogP contribution in [0, 0.1) is 0 Å². The highest BCUT2D eigenvalue weighted by Gasteiger charge is 2.50. The van der Waals surface area contributed by atoms with E-state index >= 15 is 0 Å². The number of rotatable bonds is 7. The topological polar surface area (TPSA) is 113 Å². The van der Waals surface area contributed by atoms with Crippen LogP contribution < -0.4 is 15.4 Å². The zero-order chi connectivity index (χ0) is 23.8. The first-order valence-electron chi connectivity index (χ1n) is 9.86. The van der Waals surface area contributed by atoms with Crippen LogP contribution in [-0.2, 0) is 4.79 Å². The molecular weight excluding hydrogens is 481 g/mol. The number of aliphatic hydroxyl groups excluding tert-OH is 1. The molecule has 2 bridgehead atoms. The van der Waals surface area contributed by atoms with E-state index < -0.39 is 35.6 Å². The lowest BCUT2D eigenvalue weighted by Gasteiger charge is -2.51. The number of halogens is 4. The molecule has 3 N–H and O–H groups in total. The molecule has 0 saturated heterocycles. The summed E-state index contributed by atoms with van der Waals surface area (Å²) in [6.07, 6.45) is -0.890. The largest absolute Gasteiger partial charge is 0.484 e. The van der Waals surface area contributed by atoms with Gasteiger partial charge < -0.3 is 20.5 Å². The van der Waals surface area contributed by atoms with E-state index in [1.54, 1.807) is 12.1 Å². The van der Waals surface area contributed by atoms with Gasteiger partial charge in [-0.25, -0.2) is 13.8 Å². The van der Waals surface area contributed by atoms with Gasteiger partial charge in [-0.15, -0.1) is 0 Å². The maximum atomic E-state index is 12.6. The molecule has 2 amide bonds. The number of benzene rings is 1. The average molecular weight is 499 g/mol. The summed E-state index contributed by atoms with van der Waals surface area (Å²) in [4.78, 5) is 32.0. The van der Waals surface area contributed by atoms with Gasteiger partial charge in [0.1, 0.15) is 17.1 Å². The van der Waals surface area contributed by atoms with E-state index in [-0.39, 0.29) is 18.7 Å². The molecule has 1 heterocycles. The summed E-state index contributed by atoms with van der Waals surface area (Å²) < 4.78 is 30.6. The van der Waals surface area contributed by atoms with Gasteiger partial charge in [-0.05, 0) is 30.5 Å². The fourth-order valence-electron chi connectivity index (χ4n) is 3.89. The Morgan fingerprint density at radius 3 is 2.58 bits per heavy atom. The highest BCUT2D eigenvalue weighted by atomic mass is 35.5. The molecule has 0 aliphatic heterocycles. The van der Waals surface area contributed by atoms with Crippen LogP contribution in [-0.4, -0.2) is 45.1 Å². The summed E-state index contributed by atoms with van der Waals surface area (Å²) in [6.45, 7) is -0.295. The Labute approximate surface area is 197 Å². The summed E-state index contributed by atoms with van der Waals surface area (Å²) in [7, 11) is 0. The van der Waals surface area contributed by atoms with Crippen LogP contribution >= 0.6 is 23.2 Å². The Morgan fingerprint density at radius 1 is 1.21 bits per heavy atom. The molecule has 1 aromatic carbocycles. The molecule has 2 aromatic rings. The SMILES string of the molecule is O=C(COc1ccc(Cl)c(Cl)c1)NC1=C2CC(NC(=O)c3cnc(C(F)F)cn3)(C2)C[C@@H]1O. The Kier molecular flexibility index (Phi) is 6.51. The fraction of sp³-hybridized carbons (Fsp3) is 0.333. The number of amides is 2. The first kappa shape index (κ1) is 23.3. The summed E-state index contributed by atoms with van der Waals surface area (Å²) in [5, 5.41) is 16.6. The minimum absolute atomic E-state index is 0.0979. The third-order valence-corrected chi connectivity index (χ3v) is 6.18. The number of aromatic nitrogens is 2. The molecule has 174 valence electrons. The molecule has 5 rings (SSSR count). The lowest BCUT2D eigenvalue weighted by atomic mass is 9.63. The Hall–Kier alpha value is -2.82. The number of hydrogen-bond donors (Lipinski definition) is 3. The number of ether oxygens (including phenoxy) is 1. The molecule has 0 spiro atoms. The minimum Gasteiger partial charge on any atom is -0.484 e. The van der Waals surface area contributed by atoms with Crippen molar-refractivity contribution < 1.29 is 28.2 Å². The van der Waals surface area contributed by atoms with Crippen LogP contribution in [0.4, 0.5) is 8.78 Å². The summed E-state index contributed by atoms with van der Waals surface area (Å²) in [6, 6.07) is 4.61. The summed E-state index contributed by atoms with van der Waals surface area (Å²) >= 11 is 11.8. The number of nitrogens with zero attached hydrogens (tertiary/aromatic N) is 2. The van der Waals surface area contributed by atoms with Crippen molar-refractivity contribution in [1.82, 2.24) is 20.6 Å². The number of carbonyl (C=O) groups is 2. The summed E-state index contributed by atoms with van der Waals surface area (Å²) in [5.74, 6) is -0.658. The quantitative estimate of drug-likeness (QED) is 0.540. The van der Waals surface area contributed by atoms with Gasteiger partial charge in [-0.3, -0.25) is 14.6 Å². The van der Waals surface area contributed by atoms with Crippen LogP contribution in [0.15, 0.2) is 41.9 Å². The normalized spacial score (nSPS) is 21.5. The van der Waals surface area contributed by atoms with Crippen LogP contribution in [0.25, 0.3) is 0 Å². The van der Waals surface area contributed by atoms with Crippen LogP contribution in [0.2, 0.25) is 10.0 Å². The van der Waals surface area contributed by atoms with Crippen molar-refractivity contribution in [2.24, 2.45) is 0 Å². The maximum Gasteiger partial charge on any atom is 0.281 e. The molecule has 3 aliphatic rings. The van der Waals surface area contributed by atoms with Gasteiger partial charge >= 0.3 is 0 Å². The fourth-order valence-corrected chi connectivity index (χ4v) is 4.18. The Balaban J connectivity index is 1.33. The zero-order valence-electron chi connectivity index (χ0n) is 16.9. The van der Waals surface area contributed by atoms with E-state index in [4.69, 9.17) is 27.9 Å². The van der Waals surface area contributed by atoms with Crippen LogP contribution in [0.3, 0.4) is 0 Å². The first-order chi connectivity index (χ1) is 15.7. The standard InChI is InChI=1S/C21H18Cl2F2N4O4/c22-12-2-1-11(3-13(12)23)33-9-17(31)28-18-10-4-21(5-10,6-16(18)30)29-20(32)15-8-26-14(7-27-15)19(24)25/h1-3,7-8,16,19,30H,4-6,9H2,(H,28,31)(H,29,32)/t16-/m0/s1. The second-order valence-electron chi connectivity index (χ2n) is 7.87. The molecule has 8 nitrogen and oxygen atoms in total. The predicted molar refractivity (Wildman–Crippen MR) is 114 cm³/mol. The summed E-state index contributed by atoms with van der Waals surface area (Å²) in [5.41, 5.74) is -0.111. The van der Waals surface area contributed by atoms with Gasteiger partial charge in [0.25, 0.3) is 18.2 Å². The van der Waals surface area contributed by atoms with Crippen molar-refractivity contribution >= 4 is 35.0 Å². The van der Waals surface area contributed by atoms with Crippen molar-refractivity contribution in [3.05, 3.63) is 63.3 Å². The zero-order valence-corrected chi connectivity index (χ0v) is 18.5. The van der Waals surface area contributed by atoms with Crippen LogP contribution in [0.5, 0.6) is 5.75 Å². The second kappa shape index (κ2) is 9.20. The van der Waals surface area contributed by atoms with E-state index in [9.17, 15) is 23.5 Å². The van der Waals surface area contributed by atoms with Gasteiger partial charge in [0, 0.05) is 18.2 Å². The lowest BCUT2D eigenvalue weighted by molar-refractivity contribution is -0.123. The van der Waals surface area contributed by atoms with Crippen molar-refractivity contribution in [3.8, 4) is 5.75 Å². The molecule has 0 unspecified atom stereocenters. The molecule has 33 heavy (non-hydrogen) atoms. The number of carbonyl (C=O) groups excluding carboxylic acids is 2. The van der Waals surface area contributed by atoms with Gasteiger partial charge in [0.15, 0.2) is 6.61 Å². The van der Waals surface area contributed by atoms with Gasteiger partial charge in [-0.2, -0.15) is 0 Å². The predicted octanol–water partition coefficient (Wildman–Crippen LogP) is 3.20. The molecule has 1 saturated carbocycles. The average Bonchev–Trinajstić information content (AvgIpc) is 2.75. The van der Waals surface area contributed by atoms with Gasteiger partial charge in [0.05, 0.1) is 34.1 Å². The third kappa shape index (κ3) is 5.07. The van der Waals surface area contributed by atoms with Gasteiger partial charge in [0.2, 0.25) is 0 Å². The van der Waals surface area contributed by atoms with Crippen molar-refractivity contribution in [2.45, 2.75) is 37.3 Å². The van der Waals surface area contributed by atoms with E-state index in [1.165, 1.54) is 6.07 Å². The minimum atomic E-state index is -2.77. The molecule has 3 aliphatic carbocycles. The van der Waals surface area contributed by atoms with Crippen molar-refractivity contribution in [1.29, 1.82) is 0 Å². The number of fused-ring (bicyclic) bond motifs is 2. The van der Waals surface area contributed by atoms with Crippen molar-refractivity contribution in [2.75, 3.05) is 6.61 Å². The highest BCUT2D eigenvalue weighted by molar-refractivity contribution is 6.42. The maximum absolute atomic E-state index is 12.6. The number of nitrogens with one attached hydrogen (secondary N) is 2. The van der Waals surface area contributed by atoms with E-state index in [0.29, 0.717) is 34.3 Å². The number of alkyl halides is 2. The highest BCUT2D eigenvalue weighted by Crippen LogP contribution is 2.47. The second-order valence-corrected chi connectivity index (χ2v) is 8.68. The number of aliphatic hydroxyl groups is 1. The molecule has 1 aromatic heterocycles. The molecule has 0 radical (unpaired) electrons. The lowest BCUT2D eigenvalue weighted by Crippen LogP contribution is -2.61. The third-order valence-electron chi connectivity index (χ3n) is 5.44. The van der Waals surface area contributed by atoms with E-state index in [2.05, 4.69) is 20.6 Å². The van der Waals surface area contributed by atoms with Gasteiger partial charge in [-0.1, -0.05) is 23.2 Å². The molecule has 1 atom stereocenters. The van der Waals surface area contributed by atoms with E-state index in [1.807, 2.05) is 0 Å². The number of hydrogen-bond acceptors (Lipinski definition) is 6.